The summed E-state index contributed by atoms with van der Waals surface area (Å²) in [6.07, 6.45) is 3.45. The van der Waals surface area contributed by atoms with Gasteiger partial charge in [-0.15, -0.1) is 0 Å². The number of nitrogens with zero attached hydrogens (tertiary/aromatic N) is 3. The van der Waals surface area contributed by atoms with Gasteiger partial charge in [0.1, 0.15) is 5.75 Å². The highest BCUT2D eigenvalue weighted by atomic mass is 35.5. The highest BCUT2D eigenvalue weighted by Crippen LogP contribution is 2.27. The van der Waals surface area contributed by atoms with Crippen LogP contribution in [-0.2, 0) is 6.54 Å². The lowest BCUT2D eigenvalue weighted by molar-refractivity contribution is 0.0786. The van der Waals surface area contributed by atoms with Crippen molar-refractivity contribution in [2.75, 3.05) is 14.2 Å². The molecule has 4 aromatic rings. The van der Waals surface area contributed by atoms with E-state index < -0.39 is 0 Å². The van der Waals surface area contributed by atoms with E-state index >= 15 is 0 Å². The number of amides is 1. The smallest absolute Gasteiger partial charge is 0.254 e. The first kappa shape index (κ1) is 19.9. The van der Waals surface area contributed by atoms with Crippen LogP contribution in [0.2, 0.25) is 5.02 Å². The summed E-state index contributed by atoms with van der Waals surface area (Å²) < 4.78 is 5.42. The van der Waals surface area contributed by atoms with Gasteiger partial charge >= 0.3 is 0 Å². The highest BCUT2D eigenvalue weighted by molar-refractivity contribution is 6.30. The Kier molecular flexibility index (Phi) is 5.63. The molecule has 0 saturated heterocycles. The maximum Gasteiger partial charge on any atom is 0.254 e. The minimum absolute atomic E-state index is 0.110. The van der Waals surface area contributed by atoms with Crippen molar-refractivity contribution in [1.29, 1.82) is 0 Å². The predicted molar refractivity (Wildman–Crippen MR) is 119 cm³/mol. The Morgan fingerprint density at radius 1 is 1.10 bits per heavy atom. The van der Waals surface area contributed by atoms with Crippen LogP contribution in [0.1, 0.15) is 15.9 Å². The summed E-state index contributed by atoms with van der Waals surface area (Å²) in [5, 5.41) is 1.40. The maximum absolute atomic E-state index is 13.4. The van der Waals surface area contributed by atoms with Crippen molar-refractivity contribution in [2.24, 2.45) is 0 Å². The van der Waals surface area contributed by atoms with Gasteiger partial charge in [0.05, 0.1) is 23.9 Å². The van der Waals surface area contributed by atoms with E-state index in [0.717, 1.165) is 22.0 Å². The van der Waals surface area contributed by atoms with E-state index in [1.807, 2.05) is 48.5 Å². The Hall–Kier alpha value is -3.44. The number of carbonyl (C=O) groups is 1. The molecule has 4 rings (SSSR count). The van der Waals surface area contributed by atoms with Crippen LogP contribution in [0.3, 0.4) is 0 Å². The summed E-state index contributed by atoms with van der Waals surface area (Å²) in [5.41, 5.74) is 3.75. The Morgan fingerprint density at radius 3 is 2.70 bits per heavy atom. The molecule has 0 atom stereocenters. The number of benzene rings is 2. The van der Waals surface area contributed by atoms with Gasteiger partial charge in [0, 0.05) is 47.5 Å². The number of methoxy groups -OCH3 is 1. The molecule has 30 heavy (non-hydrogen) atoms. The van der Waals surface area contributed by atoms with Crippen molar-refractivity contribution < 1.29 is 9.53 Å². The van der Waals surface area contributed by atoms with Crippen molar-refractivity contribution in [3.8, 4) is 17.0 Å². The minimum Gasteiger partial charge on any atom is -0.496 e. The molecule has 0 fully saturated rings. The first-order valence-corrected chi connectivity index (χ1v) is 9.82. The maximum atomic E-state index is 13.4. The standard InChI is InChI=1S/C24H20ClN3O2/c1-28(15-17-12-18(25)9-10-23(17)30-2)24(29)20-13-22(16-6-5-11-26-14-16)27-21-8-4-3-7-19(20)21/h3-14H,15H2,1-2H3. The molecular formula is C24H20ClN3O2. The lowest BCUT2D eigenvalue weighted by atomic mass is 10.0. The molecule has 0 N–H and O–H groups in total. The average molecular weight is 418 g/mol. The molecule has 0 bridgehead atoms. The summed E-state index contributed by atoms with van der Waals surface area (Å²) in [6.45, 7) is 0.363. The molecule has 150 valence electrons. The number of fused-ring (bicyclic) bond motifs is 1. The van der Waals surface area contributed by atoms with Crippen molar-refractivity contribution in [1.82, 2.24) is 14.9 Å². The van der Waals surface area contributed by atoms with E-state index in [9.17, 15) is 4.79 Å². The molecule has 2 aromatic carbocycles. The fourth-order valence-electron chi connectivity index (χ4n) is 3.42. The average Bonchev–Trinajstić information content (AvgIpc) is 2.78. The molecule has 0 radical (unpaired) electrons. The number of ether oxygens (including phenoxy) is 1. The number of hydrogen-bond donors (Lipinski definition) is 0. The third kappa shape index (κ3) is 3.98. The van der Waals surface area contributed by atoms with E-state index in [2.05, 4.69) is 4.98 Å². The van der Waals surface area contributed by atoms with Crippen LogP contribution >= 0.6 is 11.6 Å². The van der Waals surface area contributed by atoms with Gasteiger partial charge in [0.2, 0.25) is 0 Å². The SMILES string of the molecule is COc1ccc(Cl)cc1CN(C)C(=O)c1cc(-c2cccnc2)nc2ccccc12. The Morgan fingerprint density at radius 2 is 1.93 bits per heavy atom. The normalized spacial score (nSPS) is 10.8. The number of pyridine rings is 2. The summed E-state index contributed by atoms with van der Waals surface area (Å²) in [6, 6.07) is 18.6. The van der Waals surface area contributed by atoms with Crippen LogP contribution in [-0.4, -0.2) is 34.9 Å². The molecule has 0 aliphatic rings. The van der Waals surface area contributed by atoms with E-state index in [-0.39, 0.29) is 5.91 Å². The fourth-order valence-corrected chi connectivity index (χ4v) is 3.61. The number of aromatic nitrogens is 2. The van der Waals surface area contributed by atoms with Crippen LogP contribution in [0, 0.1) is 0 Å². The molecule has 6 heteroatoms. The molecule has 5 nitrogen and oxygen atoms in total. The van der Waals surface area contributed by atoms with Gasteiger partial charge in [-0.05, 0) is 42.5 Å². The van der Waals surface area contributed by atoms with E-state index in [1.54, 1.807) is 43.6 Å². The van der Waals surface area contributed by atoms with Gasteiger partial charge in [0.15, 0.2) is 0 Å². The number of carbonyl (C=O) groups excluding carboxylic acids is 1. The van der Waals surface area contributed by atoms with E-state index in [0.29, 0.717) is 28.6 Å². The second-order valence-corrected chi connectivity index (χ2v) is 7.37. The number of hydrogen-bond acceptors (Lipinski definition) is 4. The Bertz CT molecular complexity index is 1210. The first-order chi connectivity index (χ1) is 14.6. The second-order valence-electron chi connectivity index (χ2n) is 6.93. The van der Waals surface area contributed by atoms with Crippen molar-refractivity contribution in [3.05, 3.63) is 89.2 Å². The summed E-state index contributed by atoms with van der Waals surface area (Å²) in [7, 11) is 3.37. The van der Waals surface area contributed by atoms with Crippen molar-refractivity contribution in [2.45, 2.75) is 6.54 Å². The second kappa shape index (κ2) is 8.51. The van der Waals surface area contributed by atoms with E-state index in [1.165, 1.54) is 0 Å². The lowest BCUT2D eigenvalue weighted by Gasteiger charge is -2.20. The molecule has 0 aliphatic carbocycles. The van der Waals surface area contributed by atoms with Crippen LogP contribution < -0.4 is 4.74 Å². The minimum atomic E-state index is -0.110. The molecule has 0 aliphatic heterocycles. The molecule has 0 saturated carbocycles. The zero-order valence-corrected chi connectivity index (χ0v) is 17.4. The van der Waals surface area contributed by atoms with Crippen LogP contribution in [0.4, 0.5) is 0 Å². The predicted octanol–water partition coefficient (Wildman–Crippen LogP) is 5.23. The van der Waals surface area contributed by atoms with Gasteiger partial charge in [0.25, 0.3) is 5.91 Å². The van der Waals surface area contributed by atoms with Crippen LogP contribution in [0.5, 0.6) is 5.75 Å². The first-order valence-electron chi connectivity index (χ1n) is 9.45. The Balaban J connectivity index is 1.75. The van der Waals surface area contributed by atoms with Crippen molar-refractivity contribution in [3.63, 3.8) is 0 Å². The molecule has 2 heterocycles. The van der Waals surface area contributed by atoms with Crippen LogP contribution in [0.25, 0.3) is 22.2 Å². The van der Waals surface area contributed by atoms with Crippen LogP contribution in [0.15, 0.2) is 73.1 Å². The van der Waals surface area contributed by atoms with Gasteiger partial charge in [-0.3, -0.25) is 9.78 Å². The summed E-state index contributed by atoms with van der Waals surface area (Å²) >= 11 is 6.15. The van der Waals surface area contributed by atoms with Gasteiger partial charge in [-0.1, -0.05) is 29.8 Å². The van der Waals surface area contributed by atoms with Gasteiger partial charge in [-0.2, -0.15) is 0 Å². The molecule has 0 spiro atoms. The zero-order valence-electron chi connectivity index (χ0n) is 16.7. The largest absolute Gasteiger partial charge is 0.496 e. The Labute approximate surface area is 179 Å². The van der Waals surface area contributed by atoms with E-state index in [4.69, 9.17) is 21.3 Å². The third-order valence-corrected chi connectivity index (χ3v) is 5.14. The van der Waals surface area contributed by atoms with Gasteiger partial charge in [-0.25, -0.2) is 4.98 Å². The summed E-state index contributed by atoms with van der Waals surface area (Å²) in [5.74, 6) is 0.579. The van der Waals surface area contributed by atoms with Gasteiger partial charge < -0.3 is 9.64 Å². The zero-order chi connectivity index (χ0) is 21.1. The molecule has 2 aromatic heterocycles. The quantitative estimate of drug-likeness (QED) is 0.446. The molecule has 0 unspecified atom stereocenters. The lowest BCUT2D eigenvalue weighted by Crippen LogP contribution is -2.26. The highest BCUT2D eigenvalue weighted by Gasteiger charge is 2.19. The molecule has 1 amide bonds. The molecular weight excluding hydrogens is 398 g/mol. The van der Waals surface area contributed by atoms with Crippen molar-refractivity contribution >= 4 is 28.4 Å². The summed E-state index contributed by atoms with van der Waals surface area (Å²) in [4.78, 5) is 24.0. The number of para-hydroxylation sites is 1. The number of rotatable bonds is 5. The topological polar surface area (TPSA) is 55.3 Å². The monoisotopic (exact) mass is 417 g/mol. The number of halogens is 1. The fraction of sp³-hybridized carbons (Fsp3) is 0.125. The third-order valence-electron chi connectivity index (χ3n) is 4.90.